The lowest BCUT2D eigenvalue weighted by Crippen LogP contribution is -2.46. The van der Waals surface area contributed by atoms with Gasteiger partial charge in [0.2, 0.25) is 5.91 Å². The number of halogens is 2. The van der Waals surface area contributed by atoms with Crippen molar-refractivity contribution in [2.24, 2.45) is 5.92 Å². The maximum atomic E-state index is 12.7. The van der Waals surface area contributed by atoms with E-state index >= 15 is 0 Å². The number of nitrogens with one attached hydrogen (secondary N) is 1. The topological polar surface area (TPSA) is 86.8 Å². The number of urea groups is 1. The summed E-state index contributed by atoms with van der Waals surface area (Å²) >= 11 is 11.9. The van der Waals surface area contributed by atoms with Crippen LogP contribution < -0.4 is 5.32 Å². The normalized spacial score (nSPS) is 23.1. The largest absolute Gasteiger partial charge is 0.334 e. The van der Waals surface area contributed by atoms with E-state index in [1.54, 1.807) is 18.2 Å². The second kappa shape index (κ2) is 7.86. The Hall–Kier alpha value is -2.12. The van der Waals surface area contributed by atoms with Crippen LogP contribution in [0.5, 0.6) is 0 Å². The first-order valence-corrected chi connectivity index (χ1v) is 9.49. The van der Waals surface area contributed by atoms with E-state index in [1.807, 2.05) is 6.92 Å². The summed E-state index contributed by atoms with van der Waals surface area (Å²) in [6.07, 6.45) is 3.50. The highest BCUT2D eigenvalue weighted by Gasteiger charge is 2.49. The first-order chi connectivity index (χ1) is 12.8. The molecule has 1 aromatic rings. The maximum Gasteiger partial charge on any atom is 0.334 e. The highest BCUT2D eigenvalue weighted by atomic mass is 35.5. The molecule has 144 valence electrons. The van der Waals surface area contributed by atoms with Gasteiger partial charge in [-0.2, -0.15) is 0 Å². The minimum atomic E-state index is -0.981. The molecular formula is C18H19Cl2N3O4. The highest BCUT2D eigenvalue weighted by Crippen LogP contribution is 2.32. The standard InChI is InChI=1S/C18H19Cl2N3O4/c1-10-5-2-3-8-13(10)23-17(26)16(25)22(18(23)27)9-14(24)21-12-7-4-6-11(19)15(12)20/h4,6-7,10,13H,2-3,5,8-9H2,1H3,(H,21,24)/t10-,13+/m1/s1. The number of rotatable bonds is 4. The van der Waals surface area contributed by atoms with Crippen LogP contribution in [0.1, 0.15) is 32.6 Å². The van der Waals surface area contributed by atoms with E-state index in [0.29, 0.717) is 11.3 Å². The molecule has 2 aliphatic rings. The zero-order chi connectivity index (χ0) is 19.7. The molecule has 1 aliphatic heterocycles. The number of carbonyl (C=O) groups excluding carboxylic acids is 4. The van der Waals surface area contributed by atoms with Gasteiger partial charge < -0.3 is 5.32 Å². The van der Waals surface area contributed by atoms with E-state index in [4.69, 9.17) is 23.2 Å². The van der Waals surface area contributed by atoms with Crippen LogP contribution in [0, 0.1) is 5.92 Å². The maximum absolute atomic E-state index is 12.7. The van der Waals surface area contributed by atoms with Crippen LogP contribution in [-0.2, 0) is 14.4 Å². The van der Waals surface area contributed by atoms with Crippen LogP contribution in [0.3, 0.4) is 0 Å². The lowest BCUT2D eigenvalue weighted by molar-refractivity contribution is -0.145. The van der Waals surface area contributed by atoms with Crippen molar-refractivity contribution in [1.82, 2.24) is 9.80 Å². The Morgan fingerprint density at radius 2 is 1.85 bits per heavy atom. The van der Waals surface area contributed by atoms with Crippen LogP contribution in [0.2, 0.25) is 10.0 Å². The van der Waals surface area contributed by atoms with Crippen LogP contribution >= 0.6 is 23.2 Å². The van der Waals surface area contributed by atoms with Crippen molar-refractivity contribution < 1.29 is 19.2 Å². The zero-order valence-electron chi connectivity index (χ0n) is 14.7. The molecule has 0 unspecified atom stereocenters. The monoisotopic (exact) mass is 411 g/mol. The van der Waals surface area contributed by atoms with E-state index in [1.165, 1.54) is 0 Å². The van der Waals surface area contributed by atoms with Gasteiger partial charge in [0, 0.05) is 6.04 Å². The number of carbonyl (C=O) groups is 4. The molecule has 1 aliphatic carbocycles. The molecule has 1 N–H and O–H groups in total. The number of nitrogens with zero attached hydrogens (tertiary/aromatic N) is 2. The van der Waals surface area contributed by atoms with Crippen molar-refractivity contribution >= 4 is 52.6 Å². The number of anilines is 1. The van der Waals surface area contributed by atoms with Gasteiger partial charge in [0.25, 0.3) is 0 Å². The molecule has 2 fully saturated rings. The van der Waals surface area contributed by atoms with Crippen molar-refractivity contribution in [3.05, 3.63) is 28.2 Å². The Morgan fingerprint density at radius 1 is 1.15 bits per heavy atom. The molecule has 1 saturated heterocycles. The molecule has 0 aromatic heterocycles. The summed E-state index contributed by atoms with van der Waals surface area (Å²) in [5.41, 5.74) is 0.261. The van der Waals surface area contributed by atoms with Crippen molar-refractivity contribution in [2.75, 3.05) is 11.9 Å². The molecule has 0 radical (unpaired) electrons. The molecule has 1 saturated carbocycles. The van der Waals surface area contributed by atoms with Gasteiger partial charge >= 0.3 is 17.8 Å². The lowest BCUT2D eigenvalue weighted by Gasteiger charge is -2.34. The fourth-order valence-electron chi connectivity index (χ4n) is 3.57. The third-order valence-electron chi connectivity index (χ3n) is 5.01. The van der Waals surface area contributed by atoms with Gasteiger partial charge in [0.15, 0.2) is 0 Å². The lowest BCUT2D eigenvalue weighted by atomic mass is 9.85. The summed E-state index contributed by atoms with van der Waals surface area (Å²) in [5.74, 6) is -2.37. The average Bonchev–Trinajstić information content (AvgIpc) is 2.83. The van der Waals surface area contributed by atoms with Gasteiger partial charge in [-0.25, -0.2) is 9.69 Å². The Morgan fingerprint density at radius 3 is 2.56 bits per heavy atom. The van der Waals surface area contributed by atoms with Gasteiger partial charge in [-0.1, -0.05) is 49.0 Å². The molecule has 2 atom stereocenters. The van der Waals surface area contributed by atoms with Crippen molar-refractivity contribution in [2.45, 2.75) is 38.6 Å². The second-order valence-electron chi connectivity index (χ2n) is 6.83. The summed E-state index contributed by atoms with van der Waals surface area (Å²) in [6.45, 7) is 1.40. The summed E-state index contributed by atoms with van der Waals surface area (Å²) < 4.78 is 0. The summed E-state index contributed by atoms with van der Waals surface area (Å²) in [5, 5.41) is 2.92. The minimum absolute atomic E-state index is 0.124. The molecule has 0 spiro atoms. The van der Waals surface area contributed by atoms with Crippen LogP contribution in [0.25, 0.3) is 0 Å². The summed E-state index contributed by atoms with van der Waals surface area (Å²) in [7, 11) is 0. The van der Waals surface area contributed by atoms with Gasteiger partial charge in [0.1, 0.15) is 6.54 Å². The smallest absolute Gasteiger partial charge is 0.323 e. The van der Waals surface area contributed by atoms with E-state index in [2.05, 4.69) is 5.32 Å². The molecular weight excluding hydrogens is 393 g/mol. The van der Waals surface area contributed by atoms with Crippen LogP contribution in [0.4, 0.5) is 10.5 Å². The van der Waals surface area contributed by atoms with Crippen molar-refractivity contribution in [3.63, 3.8) is 0 Å². The number of amides is 5. The second-order valence-corrected chi connectivity index (χ2v) is 7.61. The number of hydrogen-bond donors (Lipinski definition) is 1. The van der Waals surface area contributed by atoms with Crippen molar-refractivity contribution in [1.29, 1.82) is 0 Å². The first kappa shape index (κ1) is 19.6. The number of imide groups is 2. The molecule has 3 rings (SSSR count). The van der Waals surface area contributed by atoms with Gasteiger partial charge in [-0.05, 0) is 30.9 Å². The van der Waals surface area contributed by atoms with Crippen molar-refractivity contribution in [3.8, 4) is 0 Å². The Balaban J connectivity index is 1.72. The average molecular weight is 412 g/mol. The molecule has 7 nitrogen and oxygen atoms in total. The quantitative estimate of drug-likeness (QED) is 0.607. The predicted octanol–water partition coefficient (Wildman–Crippen LogP) is 3.30. The molecule has 1 heterocycles. The molecule has 27 heavy (non-hydrogen) atoms. The fourth-order valence-corrected chi connectivity index (χ4v) is 3.92. The Bertz CT molecular complexity index is 814. The third kappa shape index (κ3) is 3.80. The molecule has 0 bridgehead atoms. The molecule has 1 aromatic carbocycles. The Kier molecular flexibility index (Phi) is 5.72. The van der Waals surface area contributed by atoms with E-state index in [9.17, 15) is 19.2 Å². The SMILES string of the molecule is C[C@@H]1CCCC[C@@H]1N1C(=O)C(=O)N(CC(=O)Nc2cccc(Cl)c2Cl)C1=O. The summed E-state index contributed by atoms with van der Waals surface area (Å²) in [4.78, 5) is 51.3. The summed E-state index contributed by atoms with van der Waals surface area (Å²) in [6, 6.07) is 3.66. The highest BCUT2D eigenvalue weighted by molar-refractivity contribution is 6.45. The third-order valence-corrected chi connectivity index (χ3v) is 5.83. The fraction of sp³-hybridized carbons (Fsp3) is 0.444. The molecule has 9 heteroatoms. The van der Waals surface area contributed by atoms with Crippen LogP contribution in [-0.4, -0.2) is 46.1 Å². The van der Waals surface area contributed by atoms with E-state index in [0.717, 1.165) is 24.2 Å². The predicted molar refractivity (Wildman–Crippen MR) is 100 cm³/mol. The number of benzene rings is 1. The zero-order valence-corrected chi connectivity index (χ0v) is 16.2. The van der Waals surface area contributed by atoms with E-state index in [-0.39, 0.29) is 27.7 Å². The Labute approximate surface area is 166 Å². The molecule has 5 amide bonds. The minimum Gasteiger partial charge on any atom is -0.323 e. The van der Waals surface area contributed by atoms with Crippen LogP contribution in [0.15, 0.2) is 18.2 Å². The van der Waals surface area contributed by atoms with Gasteiger partial charge in [-0.3, -0.25) is 19.3 Å². The van der Waals surface area contributed by atoms with Gasteiger partial charge in [-0.15, -0.1) is 0 Å². The van der Waals surface area contributed by atoms with Gasteiger partial charge in [0.05, 0.1) is 15.7 Å². The first-order valence-electron chi connectivity index (χ1n) is 8.74. The number of hydrogen-bond acceptors (Lipinski definition) is 4. The van der Waals surface area contributed by atoms with E-state index < -0.39 is 30.3 Å².